The van der Waals surface area contributed by atoms with Gasteiger partial charge >= 0.3 is 0 Å². The molecule has 0 radical (unpaired) electrons. The molecule has 1 unspecified atom stereocenters. The fourth-order valence-electron chi connectivity index (χ4n) is 1.07. The van der Waals surface area contributed by atoms with Crippen molar-refractivity contribution in [2.45, 2.75) is 30.6 Å². The molecule has 0 spiro atoms. The van der Waals surface area contributed by atoms with Crippen molar-refractivity contribution in [2.24, 2.45) is 5.73 Å². The van der Waals surface area contributed by atoms with Gasteiger partial charge in [-0.2, -0.15) is 8.42 Å². The largest absolute Gasteiger partial charge is 0.396 e. The smallest absolute Gasteiger partial charge is 0.273 e. The van der Waals surface area contributed by atoms with Gasteiger partial charge in [0, 0.05) is 19.6 Å². The second-order valence-corrected chi connectivity index (χ2v) is 5.67. The fourth-order valence-corrected chi connectivity index (χ4v) is 1.74. The van der Waals surface area contributed by atoms with Crippen molar-refractivity contribution >= 4 is 10.1 Å². The standard InChI is InChI=1S/C7H17NO5S/c1-6(2,14(11,12)13)7(10,5-8)3-4-9/h9-10H,3-5,8H2,1-2H3,(H,11,12,13). The van der Waals surface area contributed by atoms with Gasteiger partial charge in [-0.3, -0.25) is 4.55 Å². The van der Waals surface area contributed by atoms with E-state index in [4.69, 9.17) is 15.4 Å². The van der Waals surface area contributed by atoms with Gasteiger partial charge in [0.1, 0.15) is 10.3 Å². The Morgan fingerprint density at radius 1 is 1.36 bits per heavy atom. The second kappa shape index (κ2) is 4.11. The molecule has 0 heterocycles. The summed E-state index contributed by atoms with van der Waals surface area (Å²) in [5, 5.41) is 18.5. The van der Waals surface area contributed by atoms with Crippen molar-refractivity contribution in [1.29, 1.82) is 0 Å². The number of hydrogen-bond donors (Lipinski definition) is 4. The van der Waals surface area contributed by atoms with Gasteiger partial charge < -0.3 is 15.9 Å². The zero-order valence-corrected chi connectivity index (χ0v) is 9.08. The first-order chi connectivity index (χ1) is 6.12. The molecule has 0 aromatic carbocycles. The highest BCUT2D eigenvalue weighted by atomic mass is 32.2. The summed E-state index contributed by atoms with van der Waals surface area (Å²) < 4.78 is 29.1. The third kappa shape index (κ3) is 2.23. The Morgan fingerprint density at radius 3 is 2.00 bits per heavy atom. The third-order valence-electron chi connectivity index (χ3n) is 2.63. The molecule has 0 aliphatic heterocycles. The van der Waals surface area contributed by atoms with Crippen LogP contribution < -0.4 is 5.73 Å². The van der Waals surface area contributed by atoms with Gasteiger partial charge in [0.25, 0.3) is 10.1 Å². The highest BCUT2D eigenvalue weighted by Gasteiger charge is 2.50. The molecule has 5 N–H and O–H groups in total. The SMILES string of the molecule is CC(C)(C(O)(CN)CCO)S(=O)(=O)O. The molecule has 0 saturated carbocycles. The lowest BCUT2D eigenvalue weighted by Crippen LogP contribution is -2.59. The molecule has 7 heteroatoms. The van der Waals surface area contributed by atoms with Crippen LogP contribution >= 0.6 is 0 Å². The van der Waals surface area contributed by atoms with Crippen LogP contribution in [0.2, 0.25) is 0 Å². The Labute approximate surface area is 83.5 Å². The van der Waals surface area contributed by atoms with E-state index in [1.807, 2.05) is 0 Å². The molecule has 0 amide bonds. The molecular weight excluding hydrogens is 210 g/mol. The van der Waals surface area contributed by atoms with E-state index >= 15 is 0 Å². The van der Waals surface area contributed by atoms with E-state index in [-0.39, 0.29) is 13.0 Å². The molecule has 0 aromatic rings. The van der Waals surface area contributed by atoms with E-state index in [1.54, 1.807) is 0 Å². The van der Waals surface area contributed by atoms with Crippen LogP contribution in [0, 0.1) is 0 Å². The van der Waals surface area contributed by atoms with E-state index in [2.05, 4.69) is 0 Å². The molecule has 0 saturated heterocycles. The second-order valence-electron chi connectivity index (χ2n) is 3.69. The maximum absolute atomic E-state index is 11.0. The van der Waals surface area contributed by atoms with Crippen LogP contribution in [0.25, 0.3) is 0 Å². The number of hydrogen-bond acceptors (Lipinski definition) is 5. The van der Waals surface area contributed by atoms with Gasteiger partial charge in [-0.1, -0.05) is 0 Å². The van der Waals surface area contributed by atoms with E-state index in [9.17, 15) is 13.5 Å². The Bertz CT molecular complexity index is 286. The number of aliphatic hydroxyl groups excluding tert-OH is 1. The van der Waals surface area contributed by atoms with Gasteiger partial charge in [0.05, 0.1) is 0 Å². The molecule has 14 heavy (non-hydrogen) atoms. The molecule has 0 bridgehead atoms. The summed E-state index contributed by atoms with van der Waals surface area (Å²) in [5.74, 6) is 0. The van der Waals surface area contributed by atoms with E-state index < -0.39 is 27.1 Å². The van der Waals surface area contributed by atoms with Crippen molar-refractivity contribution in [3.8, 4) is 0 Å². The highest BCUT2D eigenvalue weighted by molar-refractivity contribution is 7.87. The number of aliphatic hydroxyl groups is 2. The topological polar surface area (TPSA) is 121 Å². The van der Waals surface area contributed by atoms with Gasteiger partial charge in [-0.05, 0) is 13.8 Å². The predicted molar refractivity (Wildman–Crippen MR) is 51.3 cm³/mol. The Kier molecular flexibility index (Phi) is 4.05. The first-order valence-corrected chi connectivity index (χ1v) is 5.57. The average Bonchev–Trinajstić information content (AvgIpc) is 2.02. The molecule has 0 aromatic heterocycles. The van der Waals surface area contributed by atoms with Crippen LogP contribution in [0.4, 0.5) is 0 Å². The fraction of sp³-hybridized carbons (Fsp3) is 1.00. The quantitative estimate of drug-likeness (QED) is 0.434. The third-order valence-corrected chi connectivity index (χ3v) is 4.30. The summed E-state index contributed by atoms with van der Waals surface area (Å²) in [6.45, 7) is 1.54. The summed E-state index contributed by atoms with van der Waals surface area (Å²) in [6.07, 6.45) is -0.212. The van der Waals surface area contributed by atoms with Crippen molar-refractivity contribution in [2.75, 3.05) is 13.2 Å². The maximum atomic E-state index is 11.0. The maximum Gasteiger partial charge on any atom is 0.273 e. The van der Waals surface area contributed by atoms with Crippen LogP contribution in [0.5, 0.6) is 0 Å². The molecule has 0 fully saturated rings. The lowest BCUT2D eigenvalue weighted by molar-refractivity contribution is -0.00775. The van der Waals surface area contributed by atoms with Gasteiger partial charge in [-0.15, -0.1) is 0 Å². The molecule has 0 aliphatic rings. The van der Waals surface area contributed by atoms with Crippen molar-refractivity contribution in [3.05, 3.63) is 0 Å². The van der Waals surface area contributed by atoms with Gasteiger partial charge in [-0.25, -0.2) is 0 Å². The highest BCUT2D eigenvalue weighted by Crippen LogP contribution is 2.31. The monoisotopic (exact) mass is 227 g/mol. The van der Waals surface area contributed by atoms with Crippen molar-refractivity contribution < 1.29 is 23.2 Å². The van der Waals surface area contributed by atoms with E-state index in [0.717, 1.165) is 13.8 Å². The lowest BCUT2D eigenvalue weighted by Gasteiger charge is -2.38. The summed E-state index contributed by atoms with van der Waals surface area (Å²) in [7, 11) is -4.44. The van der Waals surface area contributed by atoms with Crippen LogP contribution in [0.3, 0.4) is 0 Å². The van der Waals surface area contributed by atoms with Crippen molar-refractivity contribution in [1.82, 2.24) is 0 Å². The summed E-state index contributed by atoms with van der Waals surface area (Å²) in [5.41, 5.74) is 3.40. The van der Waals surface area contributed by atoms with Crippen LogP contribution in [-0.4, -0.2) is 46.7 Å². The zero-order valence-electron chi connectivity index (χ0n) is 8.27. The average molecular weight is 227 g/mol. The minimum absolute atomic E-state index is 0.212. The predicted octanol–water partition coefficient (Wildman–Crippen LogP) is -1.27. The first kappa shape index (κ1) is 13.8. The summed E-state index contributed by atoms with van der Waals surface area (Å²) in [4.78, 5) is 0. The molecule has 0 rings (SSSR count). The summed E-state index contributed by atoms with van der Waals surface area (Å²) in [6, 6.07) is 0. The lowest BCUT2D eigenvalue weighted by atomic mass is 9.86. The Balaban J connectivity index is 5.22. The minimum atomic E-state index is -4.44. The van der Waals surface area contributed by atoms with E-state index in [0.29, 0.717) is 0 Å². The van der Waals surface area contributed by atoms with Crippen LogP contribution in [0.1, 0.15) is 20.3 Å². The minimum Gasteiger partial charge on any atom is -0.396 e. The van der Waals surface area contributed by atoms with Gasteiger partial charge in [0.2, 0.25) is 0 Å². The molecule has 6 nitrogen and oxygen atoms in total. The van der Waals surface area contributed by atoms with E-state index in [1.165, 1.54) is 0 Å². The number of nitrogens with two attached hydrogens (primary N) is 1. The van der Waals surface area contributed by atoms with Crippen LogP contribution in [-0.2, 0) is 10.1 Å². The normalized spacial score (nSPS) is 17.9. The summed E-state index contributed by atoms with van der Waals surface area (Å²) >= 11 is 0. The molecule has 86 valence electrons. The number of rotatable bonds is 5. The molecule has 0 aliphatic carbocycles. The van der Waals surface area contributed by atoms with Crippen LogP contribution in [0.15, 0.2) is 0 Å². The zero-order chi connectivity index (χ0) is 11.6. The Hall–Kier alpha value is -0.210. The molecule has 1 atom stereocenters. The molecular formula is C7H17NO5S. The Morgan fingerprint density at radius 2 is 1.79 bits per heavy atom. The van der Waals surface area contributed by atoms with Gasteiger partial charge in [0.15, 0.2) is 0 Å². The first-order valence-electron chi connectivity index (χ1n) is 4.13. The van der Waals surface area contributed by atoms with Crippen molar-refractivity contribution in [3.63, 3.8) is 0 Å².